The van der Waals surface area contributed by atoms with Crippen LogP contribution in [0.3, 0.4) is 0 Å². The summed E-state index contributed by atoms with van der Waals surface area (Å²) in [6.45, 7) is 0. The van der Waals surface area contributed by atoms with Crippen molar-refractivity contribution >= 4 is 38.3 Å². The van der Waals surface area contributed by atoms with Crippen molar-refractivity contribution in [3.63, 3.8) is 0 Å². The number of carbonyl (C=O) groups is 1. The molecule has 31 heavy (non-hydrogen) atoms. The van der Waals surface area contributed by atoms with Gasteiger partial charge in [0.15, 0.2) is 11.6 Å². The zero-order chi connectivity index (χ0) is 22.3. The number of guanidine groups is 1. The number of aliphatic imine (C=N–C) groups is 1. The van der Waals surface area contributed by atoms with Gasteiger partial charge in [-0.3, -0.25) is 9.78 Å². The van der Waals surface area contributed by atoms with Gasteiger partial charge in [0, 0.05) is 35.9 Å². The molecule has 3 aromatic rings. The molecule has 1 aromatic heterocycles. The highest BCUT2D eigenvalue weighted by atomic mass is 32.2. The third-order valence-electron chi connectivity index (χ3n) is 4.93. The van der Waals surface area contributed by atoms with Crippen molar-refractivity contribution < 1.29 is 22.0 Å². The van der Waals surface area contributed by atoms with Gasteiger partial charge >= 0.3 is 0 Å². The van der Waals surface area contributed by atoms with Gasteiger partial charge in [-0.15, -0.1) is 0 Å². The van der Waals surface area contributed by atoms with E-state index in [1.807, 2.05) is 24.3 Å². The lowest BCUT2D eigenvalue weighted by Crippen LogP contribution is -2.45. The largest absolute Gasteiger partial charge is 0.369 e. The molecule has 2 heterocycles. The van der Waals surface area contributed by atoms with E-state index >= 15 is 0 Å². The molecular formula is C20H17F2N5O3S. The number of anilines is 1. The number of amides is 1. The van der Waals surface area contributed by atoms with Gasteiger partial charge in [-0.2, -0.15) is 0 Å². The Labute approximate surface area is 176 Å². The fourth-order valence-electron chi connectivity index (χ4n) is 3.22. The summed E-state index contributed by atoms with van der Waals surface area (Å²) in [5.74, 6) is -4.09. The summed E-state index contributed by atoms with van der Waals surface area (Å²) in [6.07, 6.45) is 1.53. The predicted molar refractivity (Wildman–Crippen MR) is 112 cm³/mol. The lowest BCUT2D eigenvalue weighted by Gasteiger charge is -2.27. The average Bonchev–Trinajstić information content (AvgIpc) is 2.73. The average molecular weight is 445 g/mol. The molecule has 0 fully saturated rings. The Morgan fingerprint density at radius 2 is 1.90 bits per heavy atom. The summed E-state index contributed by atoms with van der Waals surface area (Å²) in [7, 11) is -2.63. The van der Waals surface area contributed by atoms with Gasteiger partial charge in [0.1, 0.15) is 5.69 Å². The van der Waals surface area contributed by atoms with Crippen molar-refractivity contribution in [3.05, 3.63) is 71.6 Å². The minimum atomic E-state index is -3.85. The lowest BCUT2D eigenvalue weighted by molar-refractivity contribution is 0.102. The number of fused-ring (bicyclic) bond motifs is 1. The maximum Gasteiger partial charge on any atom is 0.274 e. The molecule has 0 bridgehead atoms. The molecule has 0 radical (unpaired) electrons. The third kappa shape index (κ3) is 3.91. The second-order valence-corrected chi connectivity index (χ2v) is 9.03. The summed E-state index contributed by atoms with van der Waals surface area (Å²) >= 11 is 0. The van der Waals surface area contributed by atoms with Crippen molar-refractivity contribution in [1.82, 2.24) is 9.29 Å². The van der Waals surface area contributed by atoms with Crippen LogP contribution in [-0.4, -0.2) is 42.4 Å². The first kappa shape index (κ1) is 20.7. The van der Waals surface area contributed by atoms with E-state index in [0.29, 0.717) is 0 Å². The number of aromatic nitrogens is 1. The van der Waals surface area contributed by atoms with Crippen LogP contribution in [-0.2, 0) is 10.0 Å². The van der Waals surface area contributed by atoms with E-state index < -0.39 is 39.4 Å². The van der Waals surface area contributed by atoms with E-state index in [-0.39, 0.29) is 22.9 Å². The number of hydrogen-bond acceptors (Lipinski definition) is 6. The molecule has 0 saturated heterocycles. The van der Waals surface area contributed by atoms with E-state index in [1.165, 1.54) is 13.2 Å². The molecule has 2 aromatic carbocycles. The van der Waals surface area contributed by atoms with E-state index in [9.17, 15) is 22.0 Å². The molecule has 8 nitrogen and oxygen atoms in total. The van der Waals surface area contributed by atoms with Gasteiger partial charge < -0.3 is 11.1 Å². The van der Waals surface area contributed by atoms with Crippen LogP contribution in [0, 0.1) is 11.6 Å². The van der Waals surface area contributed by atoms with Crippen molar-refractivity contribution in [1.29, 1.82) is 0 Å². The number of carbonyl (C=O) groups excluding carboxylic acids is 1. The molecule has 0 unspecified atom stereocenters. The maximum atomic E-state index is 14.5. The van der Waals surface area contributed by atoms with Crippen LogP contribution >= 0.6 is 0 Å². The molecule has 1 aliphatic heterocycles. The first-order chi connectivity index (χ1) is 14.7. The molecular weight excluding hydrogens is 428 g/mol. The SMILES string of the molecule is CN1C(N)=N[C@H](c2cc(NC(=O)c3cc4ccccc4cn3)cc(F)c2F)CS1(=O)=O. The van der Waals surface area contributed by atoms with Gasteiger partial charge in [0.25, 0.3) is 5.91 Å². The molecule has 0 spiro atoms. The Balaban J connectivity index is 1.67. The highest BCUT2D eigenvalue weighted by Crippen LogP contribution is 2.30. The van der Waals surface area contributed by atoms with E-state index in [2.05, 4.69) is 15.3 Å². The van der Waals surface area contributed by atoms with Crippen LogP contribution in [0.15, 0.2) is 53.7 Å². The monoisotopic (exact) mass is 445 g/mol. The van der Waals surface area contributed by atoms with Gasteiger partial charge in [0.05, 0.1) is 11.8 Å². The minimum Gasteiger partial charge on any atom is -0.369 e. The zero-order valence-corrected chi connectivity index (χ0v) is 17.0. The van der Waals surface area contributed by atoms with Crippen LogP contribution in [0.2, 0.25) is 0 Å². The number of sulfonamides is 1. The summed E-state index contributed by atoms with van der Waals surface area (Å²) in [5.41, 5.74) is 5.29. The van der Waals surface area contributed by atoms with Crippen molar-refractivity contribution in [3.8, 4) is 0 Å². The summed E-state index contributed by atoms with van der Waals surface area (Å²) in [5, 5.41) is 4.09. The molecule has 3 N–H and O–H groups in total. The Morgan fingerprint density at radius 1 is 1.19 bits per heavy atom. The van der Waals surface area contributed by atoms with Crippen LogP contribution in [0.4, 0.5) is 14.5 Å². The molecule has 1 aliphatic rings. The van der Waals surface area contributed by atoms with Crippen molar-refractivity contribution in [2.75, 3.05) is 18.1 Å². The summed E-state index contributed by atoms with van der Waals surface area (Å²) < 4.78 is 53.9. The second-order valence-electron chi connectivity index (χ2n) is 6.98. The van der Waals surface area contributed by atoms with E-state index in [4.69, 9.17) is 5.73 Å². The Morgan fingerprint density at radius 3 is 2.61 bits per heavy atom. The van der Waals surface area contributed by atoms with Crippen LogP contribution in [0.5, 0.6) is 0 Å². The topological polar surface area (TPSA) is 118 Å². The second kappa shape index (κ2) is 7.58. The number of nitrogens with zero attached hydrogens (tertiary/aromatic N) is 3. The highest BCUT2D eigenvalue weighted by molar-refractivity contribution is 7.89. The number of pyridine rings is 1. The summed E-state index contributed by atoms with van der Waals surface area (Å²) in [6, 6.07) is 9.55. The maximum absolute atomic E-state index is 14.5. The predicted octanol–water partition coefficient (Wildman–Crippen LogP) is 2.40. The van der Waals surface area contributed by atoms with Crippen LogP contribution in [0.1, 0.15) is 22.1 Å². The standard InChI is InChI=1S/C20H17F2N5O3S/c1-27-20(23)26-17(10-31(27,29)30)14-7-13(8-15(21)18(14)22)25-19(28)16-6-11-4-2-3-5-12(11)9-24-16/h2-9,17H,10H2,1H3,(H2,23,26)(H,25,28)/t17-/m0/s1. The smallest absolute Gasteiger partial charge is 0.274 e. The normalized spacial score (nSPS) is 18.0. The van der Waals surface area contributed by atoms with Crippen molar-refractivity contribution in [2.24, 2.45) is 10.7 Å². The van der Waals surface area contributed by atoms with E-state index in [1.54, 1.807) is 6.07 Å². The Hall–Kier alpha value is -3.60. The molecule has 0 aliphatic carbocycles. The number of halogens is 2. The first-order valence-electron chi connectivity index (χ1n) is 9.10. The fourth-order valence-corrected chi connectivity index (χ4v) is 4.43. The van der Waals surface area contributed by atoms with Crippen molar-refractivity contribution in [2.45, 2.75) is 6.04 Å². The Kier molecular flexibility index (Phi) is 5.05. The van der Waals surface area contributed by atoms with Gasteiger partial charge in [-0.05, 0) is 17.5 Å². The van der Waals surface area contributed by atoms with Gasteiger partial charge in [0.2, 0.25) is 16.0 Å². The van der Waals surface area contributed by atoms with Gasteiger partial charge in [-0.25, -0.2) is 26.5 Å². The quantitative estimate of drug-likeness (QED) is 0.642. The molecule has 160 valence electrons. The number of nitrogens with one attached hydrogen (secondary N) is 1. The number of hydrogen-bond donors (Lipinski definition) is 2. The Bertz CT molecular complexity index is 1340. The molecule has 11 heteroatoms. The number of benzene rings is 2. The third-order valence-corrected chi connectivity index (χ3v) is 6.69. The number of nitrogens with two attached hydrogens (primary N) is 1. The minimum absolute atomic E-state index is 0.0704. The summed E-state index contributed by atoms with van der Waals surface area (Å²) in [4.78, 5) is 20.6. The lowest BCUT2D eigenvalue weighted by atomic mass is 10.1. The molecule has 4 rings (SSSR count). The van der Waals surface area contributed by atoms with E-state index in [0.717, 1.165) is 27.2 Å². The molecule has 0 saturated carbocycles. The highest BCUT2D eigenvalue weighted by Gasteiger charge is 2.33. The first-order valence-corrected chi connectivity index (χ1v) is 10.7. The number of rotatable bonds is 3. The molecule has 1 amide bonds. The fraction of sp³-hybridized carbons (Fsp3) is 0.150. The van der Waals surface area contributed by atoms with Gasteiger partial charge in [-0.1, -0.05) is 24.3 Å². The van der Waals surface area contributed by atoms with Crippen LogP contribution in [0.25, 0.3) is 10.8 Å². The molecule has 1 atom stereocenters. The van der Waals surface area contributed by atoms with Crippen LogP contribution < -0.4 is 11.1 Å². The zero-order valence-electron chi connectivity index (χ0n) is 16.2.